The highest BCUT2D eigenvalue weighted by Gasteiger charge is 2.28. The number of thiophene rings is 1. The van der Waals surface area contributed by atoms with E-state index in [4.69, 9.17) is 0 Å². The molecule has 0 aromatic carbocycles. The summed E-state index contributed by atoms with van der Waals surface area (Å²) in [6.45, 7) is 9.16. The van der Waals surface area contributed by atoms with E-state index in [1.54, 1.807) is 10.4 Å². The Morgan fingerprint density at radius 3 is 2.37 bits per heavy atom. The Morgan fingerprint density at radius 1 is 1.26 bits per heavy atom. The molecular formula is C13H24N2O2S2. The van der Waals surface area contributed by atoms with Crippen LogP contribution in [0.1, 0.15) is 32.6 Å². The summed E-state index contributed by atoms with van der Waals surface area (Å²) in [7, 11) is -1.51. The Kier molecular flexibility index (Phi) is 5.98. The molecule has 1 rings (SSSR count). The molecule has 6 heteroatoms. The monoisotopic (exact) mass is 304 g/mol. The summed E-state index contributed by atoms with van der Waals surface area (Å²) in [5, 5.41) is 3.03. The van der Waals surface area contributed by atoms with Gasteiger partial charge in [-0.3, -0.25) is 0 Å². The van der Waals surface area contributed by atoms with E-state index in [1.807, 2.05) is 40.8 Å². The number of sulfonamides is 1. The molecule has 1 N–H and O–H groups in total. The highest BCUT2D eigenvalue weighted by Crippen LogP contribution is 2.26. The molecule has 19 heavy (non-hydrogen) atoms. The fourth-order valence-electron chi connectivity index (χ4n) is 1.83. The molecule has 0 fully saturated rings. The van der Waals surface area contributed by atoms with Gasteiger partial charge in [0.2, 0.25) is 0 Å². The minimum Gasteiger partial charge on any atom is -0.315 e. The van der Waals surface area contributed by atoms with Crippen LogP contribution < -0.4 is 5.32 Å². The first-order valence-electron chi connectivity index (χ1n) is 6.54. The van der Waals surface area contributed by atoms with Crippen molar-refractivity contribution in [3.05, 3.63) is 17.0 Å². The fraction of sp³-hybridized carbons (Fsp3) is 0.692. The van der Waals surface area contributed by atoms with Crippen LogP contribution in [0.5, 0.6) is 0 Å². The van der Waals surface area contributed by atoms with Gasteiger partial charge in [-0.05, 0) is 38.9 Å². The Labute approximate surface area is 120 Å². The van der Waals surface area contributed by atoms with Crippen molar-refractivity contribution < 1.29 is 8.42 Å². The lowest BCUT2D eigenvalue weighted by Crippen LogP contribution is -2.39. The SMILES string of the molecule is CNCc1ccc(S(=O)(=O)N(CC(C)C)C(C)C)s1. The minimum absolute atomic E-state index is 0.0257. The summed E-state index contributed by atoms with van der Waals surface area (Å²) in [5.41, 5.74) is 0. The van der Waals surface area contributed by atoms with Gasteiger partial charge in [0, 0.05) is 24.0 Å². The van der Waals surface area contributed by atoms with Gasteiger partial charge in [-0.15, -0.1) is 11.3 Å². The second-order valence-corrected chi connectivity index (χ2v) is 8.60. The van der Waals surface area contributed by atoms with Gasteiger partial charge in [-0.1, -0.05) is 13.8 Å². The van der Waals surface area contributed by atoms with Crippen LogP contribution in [0.25, 0.3) is 0 Å². The molecule has 1 aromatic heterocycles. The Bertz CT molecular complexity index is 492. The van der Waals surface area contributed by atoms with E-state index in [0.717, 1.165) is 4.88 Å². The maximum absolute atomic E-state index is 12.6. The van der Waals surface area contributed by atoms with Crippen molar-refractivity contribution in [3.63, 3.8) is 0 Å². The van der Waals surface area contributed by atoms with Crippen LogP contribution in [0.4, 0.5) is 0 Å². The molecule has 0 spiro atoms. The number of nitrogens with zero attached hydrogens (tertiary/aromatic N) is 1. The van der Waals surface area contributed by atoms with Crippen molar-refractivity contribution in [1.82, 2.24) is 9.62 Å². The first kappa shape index (κ1) is 16.6. The van der Waals surface area contributed by atoms with Crippen LogP contribution in [-0.2, 0) is 16.6 Å². The fourth-order valence-corrected chi connectivity index (χ4v) is 5.13. The Morgan fingerprint density at radius 2 is 1.89 bits per heavy atom. The zero-order chi connectivity index (χ0) is 14.6. The van der Waals surface area contributed by atoms with Crippen LogP contribution in [-0.4, -0.2) is 32.4 Å². The van der Waals surface area contributed by atoms with E-state index >= 15 is 0 Å². The molecule has 1 heterocycles. The number of rotatable bonds is 7. The number of nitrogens with one attached hydrogen (secondary N) is 1. The standard InChI is InChI=1S/C13H24N2O2S2/c1-10(2)9-15(11(3)4)19(16,17)13-7-6-12(18-13)8-14-5/h6-7,10-11,14H,8-9H2,1-5H3. The van der Waals surface area contributed by atoms with Crippen molar-refractivity contribution >= 4 is 21.4 Å². The molecule has 1 aromatic rings. The van der Waals surface area contributed by atoms with Gasteiger partial charge >= 0.3 is 0 Å². The molecule has 0 unspecified atom stereocenters. The molecule has 0 aliphatic heterocycles. The minimum atomic E-state index is -3.37. The summed E-state index contributed by atoms with van der Waals surface area (Å²) in [5.74, 6) is 0.314. The first-order chi connectivity index (χ1) is 8.78. The average Bonchev–Trinajstić information content (AvgIpc) is 2.75. The Balaban J connectivity index is 3.04. The van der Waals surface area contributed by atoms with E-state index in [1.165, 1.54) is 11.3 Å². The molecule has 0 saturated carbocycles. The van der Waals surface area contributed by atoms with E-state index in [9.17, 15) is 8.42 Å². The van der Waals surface area contributed by atoms with Gasteiger partial charge < -0.3 is 5.32 Å². The lowest BCUT2D eigenvalue weighted by Gasteiger charge is -2.26. The quantitative estimate of drug-likeness (QED) is 0.842. The third-order valence-corrected chi connectivity index (χ3v) is 6.27. The van der Waals surface area contributed by atoms with Gasteiger partial charge in [-0.2, -0.15) is 4.31 Å². The normalized spacial score (nSPS) is 12.8. The lowest BCUT2D eigenvalue weighted by atomic mass is 10.2. The molecule has 4 nitrogen and oxygen atoms in total. The number of hydrogen-bond donors (Lipinski definition) is 1. The van der Waals surface area contributed by atoms with Crippen molar-refractivity contribution in [1.29, 1.82) is 0 Å². The van der Waals surface area contributed by atoms with Crippen molar-refractivity contribution in [2.24, 2.45) is 5.92 Å². The van der Waals surface area contributed by atoms with Gasteiger partial charge in [0.1, 0.15) is 4.21 Å². The highest BCUT2D eigenvalue weighted by molar-refractivity contribution is 7.91. The zero-order valence-corrected chi connectivity index (χ0v) is 13.9. The smallest absolute Gasteiger partial charge is 0.252 e. The van der Waals surface area contributed by atoms with Crippen molar-refractivity contribution in [2.75, 3.05) is 13.6 Å². The topological polar surface area (TPSA) is 49.4 Å². The van der Waals surface area contributed by atoms with Crippen LogP contribution in [0.3, 0.4) is 0 Å². The van der Waals surface area contributed by atoms with Gasteiger partial charge in [-0.25, -0.2) is 8.42 Å². The van der Waals surface area contributed by atoms with Crippen LogP contribution in [0.15, 0.2) is 16.3 Å². The van der Waals surface area contributed by atoms with Gasteiger partial charge in [0.05, 0.1) is 0 Å². The molecule has 0 atom stereocenters. The molecule has 0 bridgehead atoms. The van der Waals surface area contributed by atoms with E-state index in [0.29, 0.717) is 23.2 Å². The molecule has 0 amide bonds. The molecule has 110 valence electrons. The van der Waals surface area contributed by atoms with Crippen LogP contribution >= 0.6 is 11.3 Å². The maximum atomic E-state index is 12.6. The van der Waals surface area contributed by atoms with E-state index in [2.05, 4.69) is 5.32 Å². The van der Waals surface area contributed by atoms with Crippen LogP contribution in [0.2, 0.25) is 0 Å². The maximum Gasteiger partial charge on any atom is 0.252 e. The van der Waals surface area contributed by atoms with Gasteiger partial charge in [0.25, 0.3) is 10.0 Å². The molecule has 0 saturated heterocycles. The largest absolute Gasteiger partial charge is 0.315 e. The average molecular weight is 304 g/mol. The number of hydrogen-bond acceptors (Lipinski definition) is 4. The molecule has 0 aliphatic carbocycles. The Hall–Kier alpha value is -0.430. The second kappa shape index (κ2) is 6.83. The first-order valence-corrected chi connectivity index (χ1v) is 8.79. The third-order valence-electron chi connectivity index (χ3n) is 2.67. The third kappa shape index (κ3) is 4.27. The van der Waals surface area contributed by atoms with Crippen LogP contribution in [0, 0.1) is 5.92 Å². The zero-order valence-electron chi connectivity index (χ0n) is 12.3. The summed E-state index contributed by atoms with van der Waals surface area (Å²) < 4.78 is 27.3. The summed E-state index contributed by atoms with van der Waals surface area (Å²) in [6, 6.07) is 3.56. The summed E-state index contributed by atoms with van der Waals surface area (Å²) in [4.78, 5) is 1.04. The van der Waals surface area contributed by atoms with Crippen molar-refractivity contribution in [3.8, 4) is 0 Å². The molecule has 0 aliphatic rings. The summed E-state index contributed by atoms with van der Waals surface area (Å²) in [6.07, 6.45) is 0. The highest BCUT2D eigenvalue weighted by atomic mass is 32.2. The predicted octanol–water partition coefficient (Wildman–Crippen LogP) is 2.52. The second-order valence-electron chi connectivity index (χ2n) is 5.31. The molecule has 0 radical (unpaired) electrons. The van der Waals surface area contributed by atoms with Gasteiger partial charge in [0.15, 0.2) is 0 Å². The summed E-state index contributed by atoms with van der Waals surface area (Å²) >= 11 is 1.35. The predicted molar refractivity (Wildman–Crippen MR) is 80.9 cm³/mol. The molecular weight excluding hydrogens is 280 g/mol. The van der Waals surface area contributed by atoms with E-state index in [-0.39, 0.29) is 6.04 Å². The lowest BCUT2D eigenvalue weighted by molar-refractivity contribution is 0.319. The van der Waals surface area contributed by atoms with E-state index < -0.39 is 10.0 Å². The van der Waals surface area contributed by atoms with Crippen molar-refractivity contribution in [2.45, 2.75) is 44.5 Å².